The lowest BCUT2D eigenvalue weighted by Crippen LogP contribution is -2.10. The van der Waals surface area contributed by atoms with E-state index in [0.717, 1.165) is 5.00 Å². The molecule has 12 heavy (non-hydrogen) atoms. The van der Waals surface area contributed by atoms with Gasteiger partial charge in [-0.05, 0) is 12.1 Å². The van der Waals surface area contributed by atoms with Crippen LogP contribution in [0.2, 0.25) is 4.34 Å². The first-order chi connectivity index (χ1) is 5.72. The summed E-state index contributed by atoms with van der Waals surface area (Å²) in [5.74, 6) is 0.258. The van der Waals surface area contributed by atoms with Gasteiger partial charge in [-0.25, -0.2) is 0 Å². The van der Waals surface area contributed by atoms with Crippen LogP contribution in [0.5, 0.6) is 0 Å². The molecule has 0 saturated heterocycles. The average Bonchev–Trinajstić information content (AvgIpc) is 2.36. The molecule has 0 aliphatic rings. The first kappa shape index (κ1) is 9.84. The average molecular weight is 224 g/mol. The van der Waals surface area contributed by atoms with Gasteiger partial charge in [0.15, 0.2) is 0 Å². The van der Waals surface area contributed by atoms with Crippen LogP contribution in [0.25, 0.3) is 0 Å². The molecule has 0 atom stereocenters. The summed E-state index contributed by atoms with van der Waals surface area (Å²) >= 11 is 12.4. The molecular formula is C7H7Cl2NOS. The van der Waals surface area contributed by atoms with Gasteiger partial charge in [-0.1, -0.05) is 11.6 Å². The Labute approximate surface area is 84.5 Å². The van der Waals surface area contributed by atoms with Crippen molar-refractivity contribution < 1.29 is 4.79 Å². The third-order valence-corrected chi connectivity index (χ3v) is 2.49. The topological polar surface area (TPSA) is 29.1 Å². The minimum atomic E-state index is -0.0801. The van der Waals surface area contributed by atoms with Crippen LogP contribution in [-0.2, 0) is 4.79 Å². The Bertz CT molecular complexity index is 274. The summed E-state index contributed by atoms with van der Waals surface area (Å²) in [5, 5.41) is 3.43. The lowest BCUT2D eigenvalue weighted by molar-refractivity contribution is -0.115. The minimum Gasteiger partial charge on any atom is -0.318 e. The highest BCUT2D eigenvalue weighted by Crippen LogP contribution is 2.25. The number of carbonyl (C=O) groups is 1. The summed E-state index contributed by atoms with van der Waals surface area (Å²) in [7, 11) is 0. The van der Waals surface area contributed by atoms with E-state index in [1.165, 1.54) is 11.3 Å². The summed E-state index contributed by atoms with van der Waals surface area (Å²) in [6.07, 6.45) is 0.330. The van der Waals surface area contributed by atoms with Crippen molar-refractivity contribution in [2.24, 2.45) is 0 Å². The third-order valence-electron chi connectivity index (χ3n) is 1.16. The van der Waals surface area contributed by atoms with Crippen LogP contribution in [0.3, 0.4) is 0 Å². The summed E-state index contributed by atoms with van der Waals surface area (Å²) in [6, 6.07) is 3.50. The van der Waals surface area contributed by atoms with Crippen molar-refractivity contribution in [1.82, 2.24) is 0 Å². The fraction of sp³-hybridized carbons (Fsp3) is 0.286. The van der Waals surface area contributed by atoms with Crippen LogP contribution in [0, 0.1) is 0 Å². The van der Waals surface area contributed by atoms with Crippen molar-refractivity contribution in [1.29, 1.82) is 0 Å². The summed E-state index contributed by atoms with van der Waals surface area (Å²) in [5.41, 5.74) is 0. The highest BCUT2D eigenvalue weighted by molar-refractivity contribution is 7.20. The normalized spacial score (nSPS) is 9.83. The molecule has 0 aliphatic carbocycles. The Kier molecular flexibility index (Phi) is 3.85. The predicted molar refractivity (Wildman–Crippen MR) is 53.3 cm³/mol. The van der Waals surface area contributed by atoms with E-state index in [1.807, 2.05) is 0 Å². The van der Waals surface area contributed by atoms with E-state index in [9.17, 15) is 4.79 Å². The number of halogens is 2. The molecule has 0 unspecified atom stereocenters. The molecule has 0 spiro atoms. The molecule has 0 aromatic carbocycles. The van der Waals surface area contributed by atoms with E-state index in [1.54, 1.807) is 12.1 Å². The van der Waals surface area contributed by atoms with Crippen LogP contribution in [0.1, 0.15) is 6.42 Å². The van der Waals surface area contributed by atoms with E-state index in [2.05, 4.69) is 5.32 Å². The Morgan fingerprint density at radius 3 is 2.83 bits per heavy atom. The second kappa shape index (κ2) is 4.70. The zero-order chi connectivity index (χ0) is 8.97. The number of rotatable bonds is 3. The second-order valence-corrected chi connectivity index (χ2v) is 4.18. The first-order valence-electron chi connectivity index (χ1n) is 3.33. The number of nitrogens with one attached hydrogen (secondary N) is 1. The fourth-order valence-electron chi connectivity index (χ4n) is 0.667. The van der Waals surface area contributed by atoms with Gasteiger partial charge in [0.1, 0.15) is 0 Å². The van der Waals surface area contributed by atoms with Crippen molar-refractivity contribution in [3.8, 4) is 0 Å². The number of amides is 1. The van der Waals surface area contributed by atoms with Crippen molar-refractivity contribution in [2.45, 2.75) is 6.42 Å². The maximum atomic E-state index is 11.0. The van der Waals surface area contributed by atoms with Gasteiger partial charge in [0.2, 0.25) is 5.91 Å². The molecular weight excluding hydrogens is 217 g/mol. The van der Waals surface area contributed by atoms with Crippen molar-refractivity contribution >= 4 is 45.4 Å². The molecule has 0 saturated carbocycles. The maximum Gasteiger partial charge on any atom is 0.226 e. The van der Waals surface area contributed by atoms with Gasteiger partial charge in [-0.2, -0.15) is 0 Å². The number of hydrogen-bond acceptors (Lipinski definition) is 2. The van der Waals surface area contributed by atoms with E-state index >= 15 is 0 Å². The van der Waals surface area contributed by atoms with E-state index in [-0.39, 0.29) is 5.91 Å². The van der Waals surface area contributed by atoms with E-state index in [0.29, 0.717) is 16.6 Å². The van der Waals surface area contributed by atoms with Crippen LogP contribution >= 0.6 is 34.5 Å². The highest BCUT2D eigenvalue weighted by Gasteiger charge is 2.02. The van der Waals surface area contributed by atoms with Crippen molar-refractivity contribution in [3.63, 3.8) is 0 Å². The Morgan fingerprint density at radius 1 is 1.58 bits per heavy atom. The van der Waals surface area contributed by atoms with E-state index < -0.39 is 0 Å². The van der Waals surface area contributed by atoms with Crippen LogP contribution in [0.4, 0.5) is 5.00 Å². The molecule has 2 nitrogen and oxygen atoms in total. The molecule has 5 heteroatoms. The Morgan fingerprint density at radius 2 is 2.33 bits per heavy atom. The SMILES string of the molecule is O=C(CCCl)Nc1ccc(Cl)s1. The third kappa shape index (κ3) is 3.01. The predicted octanol–water partition coefficient (Wildman–Crippen LogP) is 2.97. The molecule has 1 rings (SSSR count). The molecule has 1 heterocycles. The molecule has 1 aromatic heterocycles. The molecule has 66 valence electrons. The van der Waals surface area contributed by atoms with Gasteiger partial charge in [-0.3, -0.25) is 4.79 Å². The smallest absolute Gasteiger partial charge is 0.226 e. The molecule has 0 fully saturated rings. The standard InChI is InChI=1S/C7H7Cl2NOS/c8-4-3-6(11)10-7-2-1-5(9)12-7/h1-2H,3-4H2,(H,10,11). The summed E-state index contributed by atoms with van der Waals surface area (Å²) < 4.78 is 0.663. The number of alkyl halides is 1. The van der Waals surface area contributed by atoms with Crippen LogP contribution in [0.15, 0.2) is 12.1 Å². The van der Waals surface area contributed by atoms with E-state index in [4.69, 9.17) is 23.2 Å². The molecule has 1 aromatic rings. The zero-order valence-corrected chi connectivity index (χ0v) is 8.47. The number of thiophene rings is 1. The zero-order valence-electron chi connectivity index (χ0n) is 6.14. The number of carbonyl (C=O) groups excluding carboxylic acids is 1. The highest BCUT2D eigenvalue weighted by atomic mass is 35.5. The maximum absolute atomic E-state index is 11.0. The van der Waals surface area contributed by atoms with Crippen LogP contribution < -0.4 is 5.32 Å². The minimum absolute atomic E-state index is 0.0801. The second-order valence-electron chi connectivity index (χ2n) is 2.09. The summed E-state index contributed by atoms with van der Waals surface area (Å²) in [6.45, 7) is 0. The Hall–Kier alpha value is -0.250. The fourth-order valence-corrected chi connectivity index (χ4v) is 1.80. The van der Waals surface area contributed by atoms with Gasteiger partial charge in [-0.15, -0.1) is 22.9 Å². The summed E-state index contributed by atoms with van der Waals surface area (Å²) in [4.78, 5) is 11.0. The van der Waals surface area contributed by atoms with Crippen LogP contribution in [-0.4, -0.2) is 11.8 Å². The lowest BCUT2D eigenvalue weighted by Gasteiger charge is -1.97. The van der Waals surface area contributed by atoms with Gasteiger partial charge in [0.05, 0.1) is 9.34 Å². The van der Waals surface area contributed by atoms with Crippen molar-refractivity contribution in [2.75, 3.05) is 11.2 Å². The quantitative estimate of drug-likeness (QED) is 0.785. The number of hydrogen-bond donors (Lipinski definition) is 1. The first-order valence-corrected chi connectivity index (χ1v) is 5.06. The molecule has 0 aliphatic heterocycles. The molecule has 0 radical (unpaired) electrons. The largest absolute Gasteiger partial charge is 0.318 e. The molecule has 0 bridgehead atoms. The Balaban J connectivity index is 2.46. The molecule has 1 N–H and O–H groups in total. The number of anilines is 1. The monoisotopic (exact) mass is 223 g/mol. The van der Waals surface area contributed by atoms with Gasteiger partial charge < -0.3 is 5.32 Å². The van der Waals surface area contributed by atoms with Crippen molar-refractivity contribution in [3.05, 3.63) is 16.5 Å². The molecule has 1 amide bonds. The van der Waals surface area contributed by atoms with Gasteiger partial charge in [0, 0.05) is 12.3 Å². The van der Waals surface area contributed by atoms with Gasteiger partial charge >= 0.3 is 0 Å². The van der Waals surface area contributed by atoms with Gasteiger partial charge in [0.25, 0.3) is 0 Å². The lowest BCUT2D eigenvalue weighted by atomic mass is 10.4.